The average Bonchev–Trinajstić information content (AvgIpc) is 2.46. The molecule has 2 rings (SSSR count). The molecular weight excluding hydrogens is 258 g/mol. The number of esters is 1. The summed E-state index contributed by atoms with van der Waals surface area (Å²) >= 11 is 0. The molecule has 1 aromatic carbocycles. The molecule has 6 nitrogen and oxygen atoms in total. The van der Waals surface area contributed by atoms with Crippen molar-refractivity contribution < 1.29 is 9.53 Å². The van der Waals surface area contributed by atoms with Crippen molar-refractivity contribution in [3.63, 3.8) is 0 Å². The number of fused-ring (bicyclic) bond motifs is 1. The highest BCUT2D eigenvalue weighted by Crippen LogP contribution is 2.13. The number of carbonyl (C=O) groups excluding carboxylic acids is 1. The van der Waals surface area contributed by atoms with Crippen molar-refractivity contribution in [1.82, 2.24) is 9.97 Å². The maximum Gasteiger partial charge on any atom is 0.337 e. The number of rotatable bonds is 4. The summed E-state index contributed by atoms with van der Waals surface area (Å²) in [4.78, 5) is 30.4. The van der Waals surface area contributed by atoms with Gasteiger partial charge in [0.25, 0.3) is 5.56 Å². The molecule has 1 aromatic heterocycles. The third-order valence-electron chi connectivity index (χ3n) is 3.11. The lowest BCUT2D eigenvalue weighted by molar-refractivity contribution is 0.0601. The zero-order chi connectivity index (χ0) is 14.7. The monoisotopic (exact) mass is 275 g/mol. The molecule has 2 aromatic rings. The summed E-state index contributed by atoms with van der Waals surface area (Å²) in [7, 11) is 1.32. The van der Waals surface area contributed by atoms with E-state index in [0.717, 1.165) is 6.42 Å². The Morgan fingerprint density at radius 1 is 1.50 bits per heavy atom. The van der Waals surface area contributed by atoms with Crippen molar-refractivity contribution in [2.45, 2.75) is 26.3 Å². The molecular formula is C14H17N3O3. The first kappa shape index (κ1) is 14.0. The van der Waals surface area contributed by atoms with Crippen molar-refractivity contribution in [2.24, 2.45) is 0 Å². The van der Waals surface area contributed by atoms with Crippen molar-refractivity contribution >= 4 is 22.8 Å². The number of H-pyrrole nitrogens is 1. The van der Waals surface area contributed by atoms with Gasteiger partial charge in [0.2, 0.25) is 0 Å². The number of hydrogen-bond acceptors (Lipinski definition) is 5. The van der Waals surface area contributed by atoms with Gasteiger partial charge in [-0.15, -0.1) is 0 Å². The van der Waals surface area contributed by atoms with Crippen LogP contribution >= 0.6 is 0 Å². The molecule has 0 aliphatic carbocycles. The fraction of sp³-hybridized carbons (Fsp3) is 0.357. The number of benzene rings is 1. The summed E-state index contributed by atoms with van der Waals surface area (Å²) in [6, 6.07) is 4.97. The van der Waals surface area contributed by atoms with Crippen LogP contribution in [-0.2, 0) is 4.74 Å². The van der Waals surface area contributed by atoms with E-state index in [1.54, 1.807) is 18.2 Å². The standard InChI is InChI=1S/C14H17N3O3/c1-4-8(2)15-12-13(18)17-10-6-5-9(14(19)20-3)7-11(10)16-12/h5-8H,4H2,1-3H3,(H,15,16)(H,17,18)/t8-/m0/s1. The zero-order valence-corrected chi connectivity index (χ0v) is 11.7. The van der Waals surface area contributed by atoms with Crippen molar-refractivity contribution in [1.29, 1.82) is 0 Å². The number of anilines is 1. The van der Waals surface area contributed by atoms with Crippen molar-refractivity contribution in [3.05, 3.63) is 34.1 Å². The predicted octanol–water partition coefficient (Wildman–Crippen LogP) is 1.92. The summed E-state index contributed by atoms with van der Waals surface area (Å²) in [5.74, 6) is -0.176. The van der Waals surface area contributed by atoms with Crippen LogP contribution in [0.3, 0.4) is 0 Å². The number of nitrogens with one attached hydrogen (secondary N) is 2. The Kier molecular flexibility index (Phi) is 4.02. The molecule has 0 saturated heterocycles. The largest absolute Gasteiger partial charge is 0.465 e. The quantitative estimate of drug-likeness (QED) is 0.833. The second-order valence-electron chi connectivity index (χ2n) is 4.59. The lowest BCUT2D eigenvalue weighted by atomic mass is 10.2. The van der Waals surface area contributed by atoms with Crippen LogP contribution in [0.4, 0.5) is 5.82 Å². The first-order valence-electron chi connectivity index (χ1n) is 6.44. The maximum atomic E-state index is 11.9. The van der Waals surface area contributed by atoms with E-state index in [9.17, 15) is 9.59 Å². The van der Waals surface area contributed by atoms with Crippen LogP contribution < -0.4 is 10.9 Å². The van der Waals surface area contributed by atoms with Gasteiger partial charge in [-0.1, -0.05) is 6.92 Å². The second-order valence-corrected chi connectivity index (χ2v) is 4.59. The van der Waals surface area contributed by atoms with Crippen LogP contribution in [0.2, 0.25) is 0 Å². The van der Waals surface area contributed by atoms with Crippen LogP contribution in [0.25, 0.3) is 11.0 Å². The molecule has 0 saturated carbocycles. The summed E-state index contributed by atoms with van der Waals surface area (Å²) in [5.41, 5.74) is 1.24. The molecule has 2 N–H and O–H groups in total. The lowest BCUT2D eigenvalue weighted by Crippen LogP contribution is -2.22. The Bertz CT molecular complexity index is 694. The minimum atomic E-state index is -0.434. The van der Waals surface area contributed by atoms with Gasteiger partial charge in [0.1, 0.15) is 0 Å². The van der Waals surface area contributed by atoms with E-state index in [2.05, 4.69) is 20.0 Å². The van der Waals surface area contributed by atoms with Crippen molar-refractivity contribution in [3.8, 4) is 0 Å². The van der Waals surface area contributed by atoms with Gasteiger partial charge in [0.05, 0.1) is 23.7 Å². The molecule has 0 fully saturated rings. The zero-order valence-electron chi connectivity index (χ0n) is 11.7. The first-order valence-corrected chi connectivity index (χ1v) is 6.44. The fourth-order valence-electron chi connectivity index (χ4n) is 1.76. The summed E-state index contributed by atoms with van der Waals surface area (Å²) in [6.45, 7) is 3.98. The highest BCUT2D eigenvalue weighted by molar-refractivity contribution is 5.93. The normalized spacial score (nSPS) is 12.2. The number of hydrogen-bond donors (Lipinski definition) is 2. The smallest absolute Gasteiger partial charge is 0.337 e. The number of methoxy groups -OCH3 is 1. The topological polar surface area (TPSA) is 84.1 Å². The van der Waals surface area contributed by atoms with Gasteiger partial charge >= 0.3 is 5.97 Å². The van der Waals surface area contributed by atoms with E-state index < -0.39 is 5.97 Å². The van der Waals surface area contributed by atoms with E-state index in [0.29, 0.717) is 16.6 Å². The van der Waals surface area contributed by atoms with Crippen LogP contribution in [0.5, 0.6) is 0 Å². The van der Waals surface area contributed by atoms with Crippen molar-refractivity contribution in [2.75, 3.05) is 12.4 Å². The number of carbonyl (C=O) groups is 1. The van der Waals surface area contributed by atoms with Crippen LogP contribution in [0.1, 0.15) is 30.6 Å². The molecule has 0 unspecified atom stereocenters. The van der Waals surface area contributed by atoms with Gasteiger partial charge in [-0.25, -0.2) is 9.78 Å². The van der Waals surface area contributed by atoms with Gasteiger partial charge in [-0.3, -0.25) is 4.79 Å². The fourth-order valence-corrected chi connectivity index (χ4v) is 1.76. The predicted molar refractivity (Wildman–Crippen MR) is 77.1 cm³/mol. The molecule has 0 aliphatic rings. The molecule has 20 heavy (non-hydrogen) atoms. The van der Waals surface area contributed by atoms with Crippen LogP contribution in [-0.4, -0.2) is 29.1 Å². The van der Waals surface area contributed by atoms with E-state index in [4.69, 9.17) is 0 Å². The third kappa shape index (κ3) is 2.79. The SMILES string of the molecule is CC[C@H](C)Nc1nc2cc(C(=O)OC)ccc2[nH]c1=O. The van der Waals surface area contributed by atoms with Gasteiger partial charge in [-0.2, -0.15) is 0 Å². The molecule has 6 heteroatoms. The summed E-state index contributed by atoms with van der Waals surface area (Å²) in [6.07, 6.45) is 0.876. The number of nitrogens with zero attached hydrogens (tertiary/aromatic N) is 1. The summed E-state index contributed by atoms with van der Waals surface area (Å²) < 4.78 is 4.67. The van der Waals surface area contributed by atoms with Gasteiger partial charge < -0.3 is 15.0 Å². The minimum absolute atomic E-state index is 0.143. The molecule has 106 valence electrons. The Morgan fingerprint density at radius 3 is 2.90 bits per heavy atom. The number of aromatic amines is 1. The average molecular weight is 275 g/mol. The highest BCUT2D eigenvalue weighted by atomic mass is 16.5. The Morgan fingerprint density at radius 2 is 2.25 bits per heavy atom. The molecule has 0 spiro atoms. The molecule has 0 aliphatic heterocycles. The molecule has 0 amide bonds. The summed E-state index contributed by atoms with van der Waals surface area (Å²) in [5, 5.41) is 3.04. The highest BCUT2D eigenvalue weighted by Gasteiger charge is 2.10. The molecule has 1 atom stereocenters. The van der Waals surface area contributed by atoms with E-state index in [1.807, 2.05) is 13.8 Å². The molecule has 1 heterocycles. The Balaban J connectivity index is 2.49. The van der Waals surface area contributed by atoms with Gasteiger partial charge in [0, 0.05) is 6.04 Å². The van der Waals surface area contributed by atoms with Crippen LogP contribution in [0, 0.1) is 0 Å². The van der Waals surface area contributed by atoms with Gasteiger partial charge in [0.15, 0.2) is 5.82 Å². The third-order valence-corrected chi connectivity index (χ3v) is 3.11. The molecule has 0 bridgehead atoms. The lowest BCUT2D eigenvalue weighted by Gasteiger charge is -2.11. The van der Waals surface area contributed by atoms with E-state index in [-0.39, 0.29) is 17.4 Å². The molecule has 0 radical (unpaired) electrons. The number of aromatic nitrogens is 2. The van der Waals surface area contributed by atoms with Gasteiger partial charge in [-0.05, 0) is 31.5 Å². The second kappa shape index (κ2) is 5.73. The number of ether oxygens (including phenoxy) is 1. The Labute approximate surface area is 116 Å². The van der Waals surface area contributed by atoms with E-state index in [1.165, 1.54) is 7.11 Å². The first-order chi connectivity index (χ1) is 9.55. The van der Waals surface area contributed by atoms with E-state index >= 15 is 0 Å². The minimum Gasteiger partial charge on any atom is -0.465 e. The Hall–Kier alpha value is -2.37. The maximum absolute atomic E-state index is 11.9. The van der Waals surface area contributed by atoms with Crippen LogP contribution in [0.15, 0.2) is 23.0 Å².